The Bertz CT molecular complexity index is 726. The molecule has 1 saturated heterocycles. The first kappa shape index (κ1) is 18.6. The molecule has 2 aromatic heterocycles. The molecule has 1 fully saturated rings. The minimum Gasteiger partial charge on any atom is -0.333 e. The van der Waals surface area contributed by atoms with Crippen molar-refractivity contribution >= 4 is 46.6 Å². The number of thiophene rings is 2. The second-order valence-electron chi connectivity index (χ2n) is 6.38. The Labute approximate surface area is 162 Å². The molecule has 6 heteroatoms. The molecule has 0 aromatic carbocycles. The van der Waals surface area contributed by atoms with Crippen LogP contribution in [0, 0.1) is 0 Å². The van der Waals surface area contributed by atoms with Gasteiger partial charge in [-0.05, 0) is 48.9 Å². The molecule has 0 N–H and O–H groups in total. The maximum absolute atomic E-state index is 12.5. The van der Waals surface area contributed by atoms with Gasteiger partial charge in [-0.15, -0.1) is 22.7 Å². The fourth-order valence-corrected chi connectivity index (χ4v) is 4.25. The highest BCUT2D eigenvalue weighted by atomic mass is 32.1. The average molecular weight is 387 g/mol. The van der Waals surface area contributed by atoms with Crippen LogP contribution in [0.1, 0.15) is 23.6 Å². The van der Waals surface area contributed by atoms with Gasteiger partial charge in [-0.25, -0.2) is 0 Å². The lowest BCUT2D eigenvalue weighted by atomic mass is 10.1. The van der Waals surface area contributed by atoms with Crippen molar-refractivity contribution in [2.45, 2.75) is 25.9 Å². The highest BCUT2D eigenvalue weighted by molar-refractivity contribution is 7.11. The van der Waals surface area contributed by atoms with E-state index in [9.17, 15) is 9.59 Å². The van der Waals surface area contributed by atoms with Gasteiger partial charge in [0.2, 0.25) is 11.8 Å². The zero-order valence-corrected chi connectivity index (χ0v) is 16.5. The SMILES string of the molecule is C[C@@H]1CN(C(=O)/C=C/c2cccs2)[C@@H](C)CN1C(=O)/C=C/c1cccs1. The summed E-state index contributed by atoms with van der Waals surface area (Å²) in [4.78, 5) is 30.9. The van der Waals surface area contributed by atoms with Crippen LogP contribution in [-0.4, -0.2) is 46.8 Å². The van der Waals surface area contributed by atoms with E-state index in [2.05, 4.69) is 0 Å². The molecular formula is C20H22N2O2S2. The lowest BCUT2D eigenvalue weighted by Crippen LogP contribution is -2.59. The molecule has 2 aromatic rings. The predicted molar refractivity (Wildman–Crippen MR) is 109 cm³/mol. The molecule has 0 aliphatic carbocycles. The van der Waals surface area contributed by atoms with Crippen LogP contribution in [-0.2, 0) is 9.59 Å². The molecule has 3 rings (SSSR count). The Balaban J connectivity index is 1.61. The molecule has 136 valence electrons. The van der Waals surface area contributed by atoms with Crippen LogP contribution in [0.3, 0.4) is 0 Å². The van der Waals surface area contributed by atoms with E-state index in [1.165, 1.54) is 0 Å². The van der Waals surface area contributed by atoms with Gasteiger partial charge in [0, 0.05) is 47.1 Å². The van der Waals surface area contributed by atoms with E-state index in [1.54, 1.807) is 34.8 Å². The summed E-state index contributed by atoms with van der Waals surface area (Å²) in [6.45, 7) is 5.08. The van der Waals surface area contributed by atoms with E-state index in [4.69, 9.17) is 0 Å². The van der Waals surface area contributed by atoms with Crippen LogP contribution in [0.5, 0.6) is 0 Å². The van der Waals surface area contributed by atoms with Gasteiger partial charge in [0.05, 0.1) is 0 Å². The Morgan fingerprint density at radius 2 is 1.31 bits per heavy atom. The number of amides is 2. The topological polar surface area (TPSA) is 40.6 Å². The Morgan fingerprint density at radius 1 is 0.885 bits per heavy atom. The lowest BCUT2D eigenvalue weighted by Gasteiger charge is -2.43. The quantitative estimate of drug-likeness (QED) is 0.746. The van der Waals surface area contributed by atoms with Gasteiger partial charge in [0.15, 0.2) is 0 Å². The largest absolute Gasteiger partial charge is 0.333 e. The molecule has 0 spiro atoms. The van der Waals surface area contributed by atoms with Crippen molar-refractivity contribution in [2.75, 3.05) is 13.1 Å². The highest BCUT2D eigenvalue weighted by Crippen LogP contribution is 2.18. The summed E-state index contributed by atoms with van der Waals surface area (Å²) in [5.74, 6) is -0.00190. The summed E-state index contributed by atoms with van der Waals surface area (Å²) in [6, 6.07) is 7.88. The van der Waals surface area contributed by atoms with Gasteiger partial charge in [0.1, 0.15) is 0 Å². The zero-order valence-electron chi connectivity index (χ0n) is 14.9. The molecular weight excluding hydrogens is 364 g/mol. The van der Waals surface area contributed by atoms with Crippen molar-refractivity contribution in [3.8, 4) is 0 Å². The van der Waals surface area contributed by atoms with E-state index >= 15 is 0 Å². The van der Waals surface area contributed by atoms with E-state index < -0.39 is 0 Å². The first-order valence-electron chi connectivity index (χ1n) is 8.59. The monoisotopic (exact) mass is 386 g/mol. The van der Waals surface area contributed by atoms with E-state index in [-0.39, 0.29) is 23.9 Å². The van der Waals surface area contributed by atoms with Gasteiger partial charge in [-0.2, -0.15) is 0 Å². The van der Waals surface area contributed by atoms with Crippen LogP contribution in [0.2, 0.25) is 0 Å². The van der Waals surface area contributed by atoms with Crippen LogP contribution in [0.25, 0.3) is 12.2 Å². The first-order valence-corrected chi connectivity index (χ1v) is 10.3. The molecule has 2 atom stereocenters. The number of carbonyl (C=O) groups excluding carboxylic acids is 2. The van der Waals surface area contributed by atoms with Gasteiger partial charge in [-0.1, -0.05) is 12.1 Å². The zero-order chi connectivity index (χ0) is 18.5. The minimum atomic E-state index is -0.00854. The molecule has 0 unspecified atom stereocenters. The van der Waals surface area contributed by atoms with Crippen molar-refractivity contribution in [1.29, 1.82) is 0 Å². The number of carbonyl (C=O) groups is 2. The van der Waals surface area contributed by atoms with Gasteiger partial charge >= 0.3 is 0 Å². The Morgan fingerprint density at radius 3 is 1.65 bits per heavy atom. The van der Waals surface area contributed by atoms with Gasteiger partial charge < -0.3 is 9.80 Å². The van der Waals surface area contributed by atoms with Gasteiger partial charge in [0.25, 0.3) is 0 Å². The maximum atomic E-state index is 12.5. The third-order valence-electron chi connectivity index (χ3n) is 4.42. The molecule has 3 heterocycles. The first-order chi connectivity index (χ1) is 12.5. The average Bonchev–Trinajstić information content (AvgIpc) is 3.32. The molecule has 0 bridgehead atoms. The standard InChI is InChI=1S/C20H22N2O2S2/c1-15-13-22(20(24)10-8-18-6-4-12-26-18)16(2)14-21(15)19(23)9-7-17-5-3-11-25-17/h3-12,15-16H,13-14H2,1-2H3/b9-7+,10-8+/t15-,16+. The molecule has 0 saturated carbocycles. The van der Waals surface area contributed by atoms with Crippen molar-refractivity contribution in [3.63, 3.8) is 0 Å². The van der Waals surface area contributed by atoms with E-state index in [0.717, 1.165) is 9.75 Å². The Hall–Kier alpha value is -2.18. The molecule has 26 heavy (non-hydrogen) atoms. The van der Waals surface area contributed by atoms with Crippen molar-refractivity contribution in [1.82, 2.24) is 9.80 Å². The third kappa shape index (κ3) is 4.51. The molecule has 1 aliphatic heterocycles. The van der Waals surface area contributed by atoms with Crippen molar-refractivity contribution in [2.24, 2.45) is 0 Å². The molecule has 4 nitrogen and oxygen atoms in total. The number of hydrogen-bond donors (Lipinski definition) is 0. The minimum absolute atomic E-state index is 0.000948. The van der Waals surface area contributed by atoms with Crippen molar-refractivity contribution in [3.05, 3.63) is 56.9 Å². The van der Waals surface area contributed by atoms with Crippen LogP contribution >= 0.6 is 22.7 Å². The summed E-state index contributed by atoms with van der Waals surface area (Å²) < 4.78 is 0. The van der Waals surface area contributed by atoms with Gasteiger partial charge in [-0.3, -0.25) is 9.59 Å². The fourth-order valence-electron chi connectivity index (χ4n) is 3.01. The summed E-state index contributed by atoms with van der Waals surface area (Å²) in [6.07, 6.45) is 6.96. The molecule has 1 aliphatic rings. The van der Waals surface area contributed by atoms with Crippen molar-refractivity contribution < 1.29 is 9.59 Å². The summed E-state index contributed by atoms with van der Waals surface area (Å²) >= 11 is 3.21. The summed E-state index contributed by atoms with van der Waals surface area (Å²) in [5, 5.41) is 3.98. The lowest BCUT2D eigenvalue weighted by molar-refractivity contribution is -0.139. The third-order valence-corrected chi connectivity index (χ3v) is 6.09. The predicted octanol–water partition coefficient (Wildman–Crippen LogP) is 3.98. The molecule has 0 radical (unpaired) electrons. The number of rotatable bonds is 4. The smallest absolute Gasteiger partial charge is 0.246 e. The van der Waals surface area contributed by atoms with E-state index in [0.29, 0.717) is 13.1 Å². The number of piperazine rings is 1. The summed E-state index contributed by atoms with van der Waals surface area (Å²) in [5.41, 5.74) is 0. The fraction of sp³-hybridized carbons (Fsp3) is 0.300. The van der Waals surface area contributed by atoms with Crippen LogP contribution in [0.15, 0.2) is 47.2 Å². The normalized spacial score (nSPS) is 21.0. The Kier molecular flexibility index (Phi) is 6.06. The maximum Gasteiger partial charge on any atom is 0.246 e. The number of hydrogen-bond acceptors (Lipinski definition) is 4. The van der Waals surface area contributed by atoms with Crippen LogP contribution in [0.4, 0.5) is 0 Å². The van der Waals surface area contributed by atoms with Crippen LogP contribution < -0.4 is 0 Å². The summed E-state index contributed by atoms with van der Waals surface area (Å²) in [7, 11) is 0. The molecule has 2 amide bonds. The van der Waals surface area contributed by atoms with E-state index in [1.807, 2.05) is 70.8 Å². The number of nitrogens with zero attached hydrogens (tertiary/aromatic N) is 2. The highest BCUT2D eigenvalue weighted by Gasteiger charge is 2.32. The second kappa shape index (κ2) is 8.47. The second-order valence-corrected chi connectivity index (χ2v) is 8.34.